The zero-order valence-electron chi connectivity index (χ0n) is 22.2. The molecular formula is C29H30N4O8. The van der Waals surface area contributed by atoms with Crippen molar-refractivity contribution in [3.05, 3.63) is 93.9 Å². The summed E-state index contributed by atoms with van der Waals surface area (Å²) in [6.07, 6.45) is 0.0134. The highest BCUT2D eigenvalue weighted by molar-refractivity contribution is 5.97. The normalized spacial score (nSPS) is 12.0. The largest absolute Gasteiger partial charge is 0.508 e. The summed E-state index contributed by atoms with van der Waals surface area (Å²) in [5.74, 6) is -3.17. The van der Waals surface area contributed by atoms with E-state index in [2.05, 4.69) is 16.0 Å². The van der Waals surface area contributed by atoms with Crippen molar-refractivity contribution in [2.24, 2.45) is 0 Å². The van der Waals surface area contributed by atoms with Gasteiger partial charge in [-0.05, 0) is 35.4 Å². The van der Waals surface area contributed by atoms with Gasteiger partial charge in [-0.25, -0.2) is 0 Å². The van der Waals surface area contributed by atoms with Crippen LogP contribution >= 0.6 is 0 Å². The lowest BCUT2D eigenvalue weighted by atomic mass is 10.0. The summed E-state index contributed by atoms with van der Waals surface area (Å²) in [4.78, 5) is 73.4. The smallest absolute Gasteiger partial charge is 0.305 e. The number of nitrogens with zero attached hydrogens (tertiary/aromatic N) is 1. The van der Waals surface area contributed by atoms with Crippen molar-refractivity contribution in [2.75, 3.05) is 5.32 Å². The molecule has 3 amide bonds. The number of amides is 3. The fourth-order valence-electron chi connectivity index (χ4n) is 4.10. The lowest BCUT2D eigenvalue weighted by Gasteiger charge is -2.19. The average molecular weight is 563 g/mol. The summed E-state index contributed by atoms with van der Waals surface area (Å²) in [6, 6.07) is 15.8. The van der Waals surface area contributed by atoms with E-state index < -0.39 is 54.3 Å². The van der Waals surface area contributed by atoms with Crippen LogP contribution in [0.1, 0.15) is 30.2 Å². The third-order valence-electron chi connectivity index (χ3n) is 6.03. The van der Waals surface area contributed by atoms with E-state index in [4.69, 9.17) is 5.11 Å². The van der Waals surface area contributed by atoms with Crippen LogP contribution in [0, 0.1) is 0 Å². The number of aromatic hydroxyl groups is 1. The van der Waals surface area contributed by atoms with Crippen LogP contribution in [-0.4, -0.2) is 56.8 Å². The molecular weight excluding hydrogens is 532 g/mol. The molecule has 0 aliphatic rings. The maximum atomic E-state index is 13.5. The van der Waals surface area contributed by atoms with Crippen molar-refractivity contribution >= 4 is 35.7 Å². The van der Waals surface area contributed by atoms with Crippen LogP contribution in [0.25, 0.3) is 0 Å². The topological polar surface area (TPSA) is 184 Å². The number of hydrogen-bond acceptors (Lipinski definition) is 7. The van der Waals surface area contributed by atoms with E-state index in [0.29, 0.717) is 17.5 Å². The molecule has 12 nitrogen and oxygen atoms in total. The van der Waals surface area contributed by atoms with Crippen LogP contribution in [0.3, 0.4) is 0 Å². The second-order valence-electron chi connectivity index (χ2n) is 9.31. The van der Waals surface area contributed by atoms with Crippen molar-refractivity contribution < 1.29 is 34.2 Å². The number of nitrogens with one attached hydrogen (secondary N) is 3. The first-order valence-electron chi connectivity index (χ1n) is 12.6. The molecule has 0 fully saturated rings. The maximum absolute atomic E-state index is 13.5. The molecule has 0 saturated carbocycles. The van der Waals surface area contributed by atoms with E-state index >= 15 is 0 Å². The Balaban J connectivity index is 1.90. The molecule has 3 rings (SSSR count). The summed E-state index contributed by atoms with van der Waals surface area (Å²) >= 11 is 0. The number of carbonyl (C=O) groups excluding carboxylic acids is 4. The molecule has 214 valence electrons. The first-order valence-corrected chi connectivity index (χ1v) is 12.6. The van der Waals surface area contributed by atoms with Gasteiger partial charge in [-0.2, -0.15) is 0 Å². The molecule has 3 aromatic rings. The van der Waals surface area contributed by atoms with Gasteiger partial charge in [0.25, 0.3) is 5.56 Å². The summed E-state index contributed by atoms with van der Waals surface area (Å²) in [6.45, 7) is 0.704. The minimum absolute atomic E-state index is 0.0388. The number of phenolic OH excluding ortho intramolecular Hbond substituents is 1. The van der Waals surface area contributed by atoms with Crippen molar-refractivity contribution in [1.82, 2.24) is 15.2 Å². The number of carbonyl (C=O) groups is 5. The molecule has 2 aromatic carbocycles. The highest BCUT2D eigenvalue weighted by Gasteiger charge is 2.23. The second-order valence-corrected chi connectivity index (χ2v) is 9.31. The average Bonchev–Trinajstić information content (AvgIpc) is 2.92. The van der Waals surface area contributed by atoms with Gasteiger partial charge in [0.1, 0.15) is 30.3 Å². The van der Waals surface area contributed by atoms with Crippen LogP contribution in [0.15, 0.2) is 71.5 Å². The molecule has 0 aliphatic carbocycles. The number of phenols is 1. The zero-order valence-corrected chi connectivity index (χ0v) is 22.2. The Kier molecular flexibility index (Phi) is 10.5. The van der Waals surface area contributed by atoms with Gasteiger partial charge in [0, 0.05) is 25.5 Å². The molecule has 2 atom stereocenters. The van der Waals surface area contributed by atoms with Gasteiger partial charge in [-0.15, -0.1) is 0 Å². The van der Waals surface area contributed by atoms with Crippen LogP contribution < -0.4 is 21.5 Å². The molecule has 0 saturated heterocycles. The van der Waals surface area contributed by atoms with E-state index in [1.165, 1.54) is 25.1 Å². The number of aliphatic carboxylic acids is 1. The standard InChI is InChI=1S/C29H30N4O8/c1-18(35)30-25(14-20-7-10-23(36)11-8-20)28(40)32-24-12-9-22(13-19-5-3-2-4-6-19)33(29(24)41)16-26(37)31-21(17-34)15-27(38)39/h2-12,17,21,25,36H,13-16H2,1H3,(H,30,35)(H,31,37)(H,32,40)(H,38,39)/t21-,25-/m0/s1. The Bertz CT molecular complexity index is 1470. The fraction of sp³-hybridized carbons (Fsp3) is 0.241. The molecule has 0 spiro atoms. The molecule has 0 unspecified atom stereocenters. The van der Waals surface area contributed by atoms with Crippen molar-refractivity contribution in [3.8, 4) is 5.75 Å². The van der Waals surface area contributed by atoms with Gasteiger partial charge in [0.2, 0.25) is 17.7 Å². The van der Waals surface area contributed by atoms with Gasteiger partial charge < -0.3 is 35.5 Å². The molecule has 0 aliphatic heterocycles. The Morgan fingerprint density at radius 3 is 2.22 bits per heavy atom. The number of hydrogen-bond donors (Lipinski definition) is 5. The van der Waals surface area contributed by atoms with Crippen molar-refractivity contribution in [3.63, 3.8) is 0 Å². The molecule has 5 N–H and O–H groups in total. The number of carboxylic acids is 1. The Morgan fingerprint density at radius 2 is 1.61 bits per heavy atom. The van der Waals surface area contributed by atoms with E-state index in [-0.39, 0.29) is 24.3 Å². The molecule has 0 radical (unpaired) electrons. The highest BCUT2D eigenvalue weighted by atomic mass is 16.4. The van der Waals surface area contributed by atoms with Crippen LogP contribution in [-0.2, 0) is 43.4 Å². The number of rotatable bonds is 13. The minimum Gasteiger partial charge on any atom is -0.508 e. The third-order valence-corrected chi connectivity index (χ3v) is 6.03. The van der Waals surface area contributed by atoms with Crippen LogP contribution in [0.5, 0.6) is 5.75 Å². The van der Waals surface area contributed by atoms with Gasteiger partial charge in [0.05, 0.1) is 12.5 Å². The van der Waals surface area contributed by atoms with E-state index in [1.54, 1.807) is 18.2 Å². The van der Waals surface area contributed by atoms with E-state index in [0.717, 1.165) is 10.1 Å². The molecule has 0 bridgehead atoms. The van der Waals surface area contributed by atoms with Crippen molar-refractivity contribution in [1.29, 1.82) is 0 Å². The highest BCUT2D eigenvalue weighted by Crippen LogP contribution is 2.14. The third kappa shape index (κ3) is 9.17. The van der Waals surface area contributed by atoms with Crippen LogP contribution in [0.4, 0.5) is 5.69 Å². The number of aromatic nitrogens is 1. The number of benzene rings is 2. The van der Waals surface area contributed by atoms with Gasteiger partial charge in [0.15, 0.2) is 0 Å². The summed E-state index contributed by atoms with van der Waals surface area (Å²) in [5, 5.41) is 25.8. The Labute approximate surface area is 235 Å². The minimum atomic E-state index is -1.28. The Morgan fingerprint density at radius 1 is 0.927 bits per heavy atom. The number of pyridine rings is 1. The molecule has 1 heterocycles. The van der Waals surface area contributed by atoms with Gasteiger partial charge in [-0.3, -0.25) is 24.0 Å². The van der Waals surface area contributed by atoms with E-state index in [1.807, 2.05) is 30.3 Å². The number of aldehydes is 1. The van der Waals surface area contributed by atoms with Gasteiger partial charge >= 0.3 is 5.97 Å². The molecule has 1 aromatic heterocycles. The Hall–Kier alpha value is -5.26. The van der Waals surface area contributed by atoms with Crippen molar-refractivity contribution in [2.45, 2.75) is 44.8 Å². The lowest BCUT2D eigenvalue weighted by molar-refractivity contribution is -0.138. The summed E-state index contributed by atoms with van der Waals surface area (Å²) < 4.78 is 1.13. The van der Waals surface area contributed by atoms with Gasteiger partial charge in [-0.1, -0.05) is 42.5 Å². The maximum Gasteiger partial charge on any atom is 0.305 e. The SMILES string of the molecule is CC(=O)N[C@@H](Cc1ccc(O)cc1)C(=O)Nc1ccc(Cc2ccccc2)n(CC(=O)N[C@H](C=O)CC(=O)O)c1=O. The molecule has 12 heteroatoms. The summed E-state index contributed by atoms with van der Waals surface area (Å²) in [7, 11) is 0. The monoisotopic (exact) mass is 562 g/mol. The number of anilines is 1. The fourth-order valence-corrected chi connectivity index (χ4v) is 4.10. The van der Waals surface area contributed by atoms with Crippen LogP contribution in [0.2, 0.25) is 0 Å². The molecule has 41 heavy (non-hydrogen) atoms. The first-order chi connectivity index (χ1) is 19.5. The zero-order chi connectivity index (χ0) is 29.9. The summed E-state index contributed by atoms with van der Waals surface area (Å²) in [5.41, 5.74) is 1.05. The number of carboxylic acid groups (broad SMARTS) is 1. The predicted molar refractivity (Wildman–Crippen MR) is 148 cm³/mol. The predicted octanol–water partition coefficient (Wildman–Crippen LogP) is 0.989. The second kappa shape index (κ2) is 14.2. The first kappa shape index (κ1) is 30.3. The quantitative estimate of drug-likeness (QED) is 0.191. The lowest BCUT2D eigenvalue weighted by Crippen LogP contribution is -2.45. The van der Waals surface area contributed by atoms with E-state index in [9.17, 15) is 33.9 Å².